The molecular formula is C11H13N2-. The second kappa shape index (κ2) is 5.14. The monoisotopic (exact) mass is 173 g/mol. The lowest BCUT2D eigenvalue weighted by atomic mass is 10.1. The van der Waals surface area contributed by atoms with Crippen molar-refractivity contribution in [3.63, 3.8) is 0 Å². The van der Waals surface area contributed by atoms with Gasteiger partial charge in [-0.1, -0.05) is 42.8 Å². The lowest BCUT2D eigenvalue weighted by molar-refractivity contribution is 1.15. The van der Waals surface area contributed by atoms with Gasteiger partial charge in [0, 0.05) is 6.21 Å². The molecule has 0 atom stereocenters. The van der Waals surface area contributed by atoms with Crippen molar-refractivity contribution in [3.8, 4) is 0 Å². The zero-order chi connectivity index (χ0) is 9.52. The van der Waals surface area contributed by atoms with E-state index < -0.39 is 0 Å². The maximum Gasteiger partial charge on any atom is 0.0159 e. The second-order valence-electron chi connectivity index (χ2n) is 2.62. The Morgan fingerprint density at radius 1 is 1.38 bits per heavy atom. The zero-order valence-electron chi connectivity index (χ0n) is 7.70. The Morgan fingerprint density at radius 3 is 2.85 bits per heavy atom. The Kier molecular flexibility index (Phi) is 3.76. The summed E-state index contributed by atoms with van der Waals surface area (Å²) in [6.45, 7) is 2.11. The van der Waals surface area contributed by atoms with E-state index in [0.717, 1.165) is 12.1 Å². The number of para-hydroxylation sites is 1. The normalized spacial score (nSPS) is 10.2. The Labute approximate surface area is 78.8 Å². The van der Waals surface area contributed by atoms with Gasteiger partial charge in [-0.15, -0.1) is 5.69 Å². The summed E-state index contributed by atoms with van der Waals surface area (Å²) in [6, 6.07) is 8.03. The molecule has 0 aliphatic heterocycles. The van der Waals surface area contributed by atoms with Crippen molar-refractivity contribution in [2.45, 2.75) is 13.3 Å². The molecule has 0 saturated heterocycles. The van der Waals surface area contributed by atoms with Gasteiger partial charge in [0.1, 0.15) is 0 Å². The van der Waals surface area contributed by atoms with Gasteiger partial charge in [-0.3, -0.25) is 0 Å². The van der Waals surface area contributed by atoms with E-state index in [0.29, 0.717) is 0 Å². The molecule has 68 valence electrons. The fourth-order valence-corrected chi connectivity index (χ4v) is 1.10. The first kappa shape index (κ1) is 9.52. The van der Waals surface area contributed by atoms with Crippen molar-refractivity contribution in [2.75, 3.05) is 0 Å². The van der Waals surface area contributed by atoms with E-state index in [1.54, 1.807) is 12.3 Å². The first-order valence-corrected chi connectivity index (χ1v) is 4.33. The smallest absolute Gasteiger partial charge is 0.0159 e. The molecule has 1 aromatic rings. The van der Waals surface area contributed by atoms with Gasteiger partial charge >= 0.3 is 0 Å². The van der Waals surface area contributed by atoms with Gasteiger partial charge in [0.2, 0.25) is 0 Å². The van der Waals surface area contributed by atoms with Crippen LogP contribution >= 0.6 is 0 Å². The minimum absolute atomic E-state index is 0.984. The number of hydrogen-bond donors (Lipinski definition) is 1. The molecule has 1 aromatic carbocycles. The molecule has 0 saturated carbocycles. The van der Waals surface area contributed by atoms with Crippen LogP contribution < -0.4 is 0 Å². The van der Waals surface area contributed by atoms with Crippen LogP contribution in [0.3, 0.4) is 0 Å². The van der Waals surface area contributed by atoms with E-state index >= 15 is 0 Å². The fourth-order valence-electron chi connectivity index (χ4n) is 1.10. The molecule has 2 nitrogen and oxygen atoms in total. The quantitative estimate of drug-likeness (QED) is 0.677. The van der Waals surface area contributed by atoms with E-state index in [1.165, 1.54) is 11.8 Å². The summed E-state index contributed by atoms with van der Waals surface area (Å²) in [5.74, 6) is 0. The maximum absolute atomic E-state index is 6.80. The van der Waals surface area contributed by atoms with Gasteiger partial charge in [-0.2, -0.15) is 6.20 Å². The molecule has 0 aliphatic carbocycles. The third-order valence-electron chi connectivity index (χ3n) is 1.77. The molecule has 0 bridgehead atoms. The molecule has 0 aliphatic rings. The number of allylic oxidation sites excluding steroid dienone is 1. The highest BCUT2D eigenvalue weighted by Gasteiger charge is 1.87. The fraction of sp³-hybridized carbons (Fsp3) is 0.182. The Balaban J connectivity index is 2.74. The highest BCUT2D eigenvalue weighted by molar-refractivity contribution is 5.70. The third kappa shape index (κ3) is 2.75. The lowest BCUT2D eigenvalue weighted by Crippen LogP contribution is -1.79. The summed E-state index contributed by atoms with van der Waals surface area (Å²) in [6.07, 6.45) is 5.45. The van der Waals surface area contributed by atoms with Crippen molar-refractivity contribution >= 4 is 11.9 Å². The van der Waals surface area contributed by atoms with Crippen LogP contribution in [-0.2, 0) is 6.42 Å². The van der Waals surface area contributed by atoms with Crippen molar-refractivity contribution < 1.29 is 0 Å². The number of aryl methyl sites for hydroxylation is 1. The number of benzene rings is 1. The third-order valence-corrected chi connectivity index (χ3v) is 1.77. The summed E-state index contributed by atoms with van der Waals surface area (Å²) in [4.78, 5) is 0. The van der Waals surface area contributed by atoms with Crippen LogP contribution in [0.4, 0.5) is 5.69 Å². The standard InChI is InChI=1S/C11H13N2/c1-2-10-6-3-4-7-11(10)13-9-5-8-12/h3-9,12H,2H2,1H3/q-1/b9-5-,12-8?. The molecule has 1 rings (SSSR count). The van der Waals surface area contributed by atoms with Crippen LogP contribution in [0.5, 0.6) is 0 Å². The Hall–Kier alpha value is -1.57. The number of nitrogens with zero attached hydrogens (tertiary/aromatic N) is 1. The molecule has 0 spiro atoms. The van der Waals surface area contributed by atoms with E-state index in [2.05, 4.69) is 18.3 Å². The summed E-state index contributed by atoms with van der Waals surface area (Å²) in [5, 5.41) is 11.0. The van der Waals surface area contributed by atoms with Crippen molar-refractivity contribution in [1.82, 2.24) is 0 Å². The van der Waals surface area contributed by atoms with Crippen molar-refractivity contribution in [1.29, 1.82) is 5.41 Å². The molecule has 0 fully saturated rings. The SMILES string of the molecule is CCc1ccccc1[N-]/C=C\C=N. The summed E-state index contributed by atoms with van der Waals surface area (Å²) in [5.41, 5.74) is 2.22. The summed E-state index contributed by atoms with van der Waals surface area (Å²) < 4.78 is 0. The molecule has 0 aromatic heterocycles. The van der Waals surface area contributed by atoms with E-state index in [9.17, 15) is 0 Å². The largest absolute Gasteiger partial charge is 0.664 e. The molecular weight excluding hydrogens is 160 g/mol. The highest BCUT2D eigenvalue weighted by atomic mass is 14.8. The number of hydrogen-bond acceptors (Lipinski definition) is 1. The molecule has 0 radical (unpaired) electrons. The van der Waals surface area contributed by atoms with Gasteiger partial charge in [0.25, 0.3) is 0 Å². The van der Waals surface area contributed by atoms with Gasteiger partial charge in [-0.05, 0) is 6.42 Å². The average Bonchev–Trinajstić information content (AvgIpc) is 2.19. The maximum atomic E-state index is 6.80. The van der Waals surface area contributed by atoms with Crippen LogP contribution in [0, 0.1) is 5.41 Å². The minimum atomic E-state index is 0.984. The number of nitrogens with one attached hydrogen (secondary N) is 1. The molecule has 0 heterocycles. The van der Waals surface area contributed by atoms with Crippen LogP contribution in [0.1, 0.15) is 12.5 Å². The van der Waals surface area contributed by atoms with Gasteiger partial charge in [-0.25, -0.2) is 0 Å². The molecule has 2 heteroatoms. The number of rotatable bonds is 4. The van der Waals surface area contributed by atoms with E-state index in [1.807, 2.05) is 18.2 Å². The van der Waals surface area contributed by atoms with Crippen LogP contribution in [0.2, 0.25) is 0 Å². The van der Waals surface area contributed by atoms with Crippen LogP contribution in [-0.4, -0.2) is 6.21 Å². The van der Waals surface area contributed by atoms with Crippen molar-refractivity contribution in [3.05, 3.63) is 47.4 Å². The molecule has 0 unspecified atom stereocenters. The van der Waals surface area contributed by atoms with Crippen LogP contribution in [0.25, 0.3) is 5.32 Å². The highest BCUT2D eigenvalue weighted by Crippen LogP contribution is 2.23. The van der Waals surface area contributed by atoms with Gasteiger partial charge < -0.3 is 10.7 Å². The minimum Gasteiger partial charge on any atom is -0.664 e. The first-order chi connectivity index (χ1) is 6.38. The lowest BCUT2D eigenvalue weighted by Gasteiger charge is -2.19. The predicted molar refractivity (Wildman–Crippen MR) is 56.8 cm³/mol. The Morgan fingerprint density at radius 2 is 2.15 bits per heavy atom. The van der Waals surface area contributed by atoms with Crippen LogP contribution in [0.15, 0.2) is 36.5 Å². The summed E-state index contributed by atoms with van der Waals surface area (Å²) >= 11 is 0. The van der Waals surface area contributed by atoms with E-state index in [-0.39, 0.29) is 0 Å². The topological polar surface area (TPSA) is 38.0 Å². The predicted octanol–water partition coefficient (Wildman–Crippen LogP) is 3.42. The molecule has 1 N–H and O–H groups in total. The van der Waals surface area contributed by atoms with Gasteiger partial charge in [0.05, 0.1) is 0 Å². The molecule has 13 heavy (non-hydrogen) atoms. The van der Waals surface area contributed by atoms with Gasteiger partial charge in [0.15, 0.2) is 0 Å². The second-order valence-corrected chi connectivity index (χ2v) is 2.62. The average molecular weight is 173 g/mol. The zero-order valence-corrected chi connectivity index (χ0v) is 7.70. The Bertz CT molecular complexity index is 303. The van der Waals surface area contributed by atoms with E-state index in [4.69, 9.17) is 5.41 Å². The molecule has 0 amide bonds. The van der Waals surface area contributed by atoms with Crippen molar-refractivity contribution in [2.24, 2.45) is 0 Å². The summed E-state index contributed by atoms with van der Waals surface area (Å²) in [7, 11) is 0. The first-order valence-electron chi connectivity index (χ1n) is 4.33.